The molecule has 148 valence electrons. The van der Waals surface area contributed by atoms with E-state index < -0.39 is 0 Å². The number of aryl methyl sites for hydroxylation is 1. The molecule has 7 heteroatoms. The average Bonchev–Trinajstić information content (AvgIpc) is 3.14. The standard InChI is InChI=1S/C22H22N4O3/c1-15-23-24-20-14-25(13-17(26(15)20)12-16-6-3-2-4-7-16)22(27)18-8-5-9-19-21(18)29-11-10-28-19/h2-9,17H,10-14H2,1H3/t17-/m1/s1. The highest BCUT2D eigenvalue weighted by molar-refractivity contribution is 5.98. The van der Waals surface area contributed by atoms with Gasteiger partial charge in [0.1, 0.15) is 19.0 Å². The van der Waals surface area contributed by atoms with Gasteiger partial charge in [-0.1, -0.05) is 36.4 Å². The van der Waals surface area contributed by atoms with E-state index in [1.54, 1.807) is 6.07 Å². The number of amides is 1. The molecule has 1 aromatic heterocycles. The molecule has 2 aliphatic rings. The Labute approximate surface area is 168 Å². The Bertz CT molecular complexity index is 1050. The van der Waals surface area contributed by atoms with Crippen LogP contribution in [0.1, 0.15) is 33.6 Å². The van der Waals surface area contributed by atoms with Gasteiger partial charge in [-0.25, -0.2) is 0 Å². The van der Waals surface area contributed by atoms with E-state index in [0.717, 1.165) is 18.1 Å². The highest BCUT2D eigenvalue weighted by Crippen LogP contribution is 2.35. The van der Waals surface area contributed by atoms with Crippen molar-refractivity contribution in [3.05, 3.63) is 71.3 Å². The highest BCUT2D eigenvalue weighted by atomic mass is 16.6. The molecule has 1 amide bonds. The van der Waals surface area contributed by atoms with Crippen molar-refractivity contribution < 1.29 is 14.3 Å². The number of para-hydroxylation sites is 1. The molecule has 0 fully saturated rings. The van der Waals surface area contributed by atoms with Crippen LogP contribution in [0.3, 0.4) is 0 Å². The number of carbonyl (C=O) groups excluding carboxylic acids is 1. The Morgan fingerprint density at radius 3 is 2.76 bits per heavy atom. The van der Waals surface area contributed by atoms with Gasteiger partial charge in [0.05, 0.1) is 18.2 Å². The first-order valence-electron chi connectivity index (χ1n) is 9.83. The summed E-state index contributed by atoms with van der Waals surface area (Å²) in [5.41, 5.74) is 1.75. The van der Waals surface area contributed by atoms with Crippen LogP contribution in [-0.4, -0.2) is 45.3 Å². The molecule has 0 saturated heterocycles. The van der Waals surface area contributed by atoms with Gasteiger partial charge in [-0.2, -0.15) is 0 Å². The number of ether oxygens (including phenoxy) is 2. The Balaban J connectivity index is 1.47. The van der Waals surface area contributed by atoms with Gasteiger partial charge in [-0.05, 0) is 31.0 Å². The Hall–Kier alpha value is -3.35. The zero-order valence-corrected chi connectivity index (χ0v) is 16.2. The maximum Gasteiger partial charge on any atom is 0.258 e. The minimum absolute atomic E-state index is 0.0719. The molecule has 0 bridgehead atoms. The van der Waals surface area contributed by atoms with Crippen LogP contribution >= 0.6 is 0 Å². The van der Waals surface area contributed by atoms with Crippen LogP contribution in [0.4, 0.5) is 0 Å². The second-order valence-corrected chi connectivity index (χ2v) is 7.39. The first-order valence-corrected chi connectivity index (χ1v) is 9.83. The quantitative estimate of drug-likeness (QED) is 0.688. The molecule has 29 heavy (non-hydrogen) atoms. The molecule has 0 radical (unpaired) electrons. The molecule has 2 aliphatic heterocycles. The summed E-state index contributed by atoms with van der Waals surface area (Å²) in [6.45, 7) is 3.92. The van der Waals surface area contributed by atoms with Crippen molar-refractivity contribution in [2.24, 2.45) is 0 Å². The van der Waals surface area contributed by atoms with Crippen molar-refractivity contribution in [2.75, 3.05) is 19.8 Å². The molecule has 3 heterocycles. The Kier molecular flexibility index (Phi) is 4.42. The van der Waals surface area contributed by atoms with E-state index in [4.69, 9.17) is 9.47 Å². The van der Waals surface area contributed by atoms with Crippen molar-refractivity contribution in [3.63, 3.8) is 0 Å². The summed E-state index contributed by atoms with van der Waals surface area (Å²) < 4.78 is 13.6. The van der Waals surface area contributed by atoms with Gasteiger partial charge in [0, 0.05) is 6.54 Å². The van der Waals surface area contributed by atoms with Crippen LogP contribution < -0.4 is 9.47 Å². The van der Waals surface area contributed by atoms with Crippen molar-refractivity contribution in [2.45, 2.75) is 25.9 Å². The number of nitrogens with zero attached hydrogens (tertiary/aromatic N) is 4. The van der Waals surface area contributed by atoms with Crippen LogP contribution in [0.25, 0.3) is 0 Å². The number of benzene rings is 2. The Morgan fingerprint density at radius 2 is 1.90 bits per heavy atom. The van der Waals surface area contributed by atoms with E-state index in [1.807, 2.05) is 42.2 Å². The van der Waals surface area contributed by atoms with Gasteiger partial charge < -0.3 is 18.9 Å². The highest BCUT2D eigenvalue weighted by Gasteiger charge is 2.33. The fourth-order valence-electron chi connectivity index (χ4n) is 4.18. The van der Waals surface area contributed by atoms with Crippen LogP contribution in [0.5, 0.6) is 11.5 Å². The fraction of sp³-hybridized carbons (Fsp3) is 0.318. The summed E-state index contributed by atoms with van der Waals surface area (Å²) in [5, 5.41) is 8.58. The third-order valence-corrected chi connectivity index (χ3v) is 5.46. The van der Waals surface area contributed by atoms with Gasteiger partial charge in [0.25, 0.3) is 5.91 Å². The van der Waals surface area contributed by atoms with E-state index in [1.165, 1.54) is 5.56 Å². The normalized spacial score (nSPS) is 17.7. The largest absolute Gasteiger partial charge is 0.486 e. The molecular weight excluding hydrogens is 368 g/mol. The van der Waals surface area contributed by atoms with Crippen LogP contribution in [0.15, 0.2) is 48.5 Å². The van der Waals surface area contributed by atoms with Crippen molar-refractivity contribution in [3.8, 4) is 11.5 Å². The van der Waals surface area contributed by atoms with Crippen LogP contribution in [-0.2, 0) is 13.0 Å². The summed E-state index contributed by atoms with van der Waals surface area (Å²) >= 11 is 0. The minimum atomic E-state index is -0.0719. The number of hydrogen-bond acceptors (Lipinski definition) is 5. The summed E-state index contributed by atoms with van der Waals surface area (Å²) in [4.78, 5) is 15.3. The second-order valence-electron chi connectivity index (χ2n) is 7.39. The summed E-state index contributed by atoms with van der Waals surface area (Å²) in [6, 6.07) is 15.8. The van der Waals surface area contributed by atoms with E-state index in [-0.39, 0.29) is 11.9 Å². The smallest absolute Gasteiger partial charge is 0.258 e. The first-order chi connectivity index (χ1) is 14.2. The van der Waals surface area contributed by atoms with Gasteiger partial charge in [-0.3, -0.25) is 4.79 Å². The van der Waals surface area contributed by atoms with Crippen molar-refractivity contribution >= 4 is 5.91 Å². The monoisotopic (exact) mass is 390 g/mol. The number of fused-ring (bicyclic) bond motifs is 2. The fourth-order valence-corrected chi connectivity index (χ4v) is 4.18. The van der Waals surface area contributed by atoms with Crippen LogP contribution in [0, 0.1) is 6.92 Å². The van der Waals surface area contributed by atoms with Crippen LogP contribution in [0.2, 0.25) is 0 Å². The maximum absolute atomic E-state index is 13.4. The maximum atomic E-state index is 13.4. The summed E-state index contributed by atoms with van der Waals surface area (Å²) in [6.07, 6.45) is 0.809. The molecule has 5 rings (SSSR count). The lowest BCUT2D eigenvalue weighted by molar-refractivity contribution is 0.0662. The van der Waals surface area contributed by atoms with Gasteiger partial charge in [0.15, 0.2) is 17.3 Å². The molecular formula is C22H22N4O3. The lowest BCUT2D eigenvalue weighted by Gasteiger charge is -2.35. The zero-order valence-electron chi connectivity index (χ0n) is 16.2. The molecule has 3 aromatic rings. The predicted octanol–water partition coefficient (Wildman–Crippen LogP) is 2.80. The van der Waals surface area contributed by atoms with Crippen molar-refractivity contribution in [1.82, 2.24) is 19.7 Å². The average molecular weight is 390 g/mol. The van der Waals surface area contributed by atoms with E-state index in [0.29, 0.717) is 43.4 Å². The molecule has 0 N–H and O–H groups in total. The van der Waals surface area contributed by atoms with Gasteiger partial charge >= 0.3 is 0 Å². The molecule has 0 aliphatic carbocycles. The first kappa shape index (κ1) is 17.7. The second kappa shape index (κ2) is 7.24. The molecule has 0 spiro atoms. The summed E-state index contributed by atoms with van der Waals surface area (Å²) in [5.74, 6) is 2.77. The third kappa shape index (κ3) is 3.22. The molecule has 0 saturated carbocycles. The Morgan fingerprint density at radius 1 is 1.07 bits per heavy atom. The van der Waals surface area contributed by atoms with Gasteiger partial charge in [-0.15, -0.1) is 10.2 Å². The topological polar surface area (TPSA) is 69.5 Å². The summed E-state index contributed by atoms with van der Waals surface area (Å²) in [7, 11) is 0. The van der Waals surface area contributed by atoms with E-state index in [2.05, 4.69) is 26.9 Å². The minimum Gasteiger partial charge on any atom is -0.486 e. The lowest BCUT2D eigenvalue weighted by atomic mass is 10.0. The number of aromatic nitrogens is 3. The zero-order chi connectivity index (χ0) is 19.8. The van der Waals surface area contributed by atoms with E-state index >= 15 is 0 Å². The molecule has 7 nitrogen and oxygen atoms in total. The van der Waals surface area contributed by atoms with Gasteiger partial charge in [0.2, 0.25) is 0 Å². The van der Waals surface area contributed by atoms with Crippen molar-refractivity contribution in [1.29, 1.82) is 0 Å². The molecule has 1 atom stereocenters. The molecule has 0 unspecified atom stereocenters. The number of hydrogen-bond donors (Lipinski definition) is 0. The number of rotatable bonds is 3. The number of carbonyl (C=O) groups is 1. The third-order valence-electron chi connectivity index (χ3n) is 5.46. The van der Waals surface area contributed by atoms with E-state index in [9.17, 15) is 4.79 Å². The lowest BCUT2D eigenvalue weighted by Crippen LogP contribution is -2.42. The molecule has 2 aromatic carbocycles. The SMILES string of the molecule is Cc1nnc2n1[C@H](Cc1ccccc1)CN(C(=O)c1cccc3c1OCCO3)C2. The predicted molar refractivity (Wildman–Crippen MR) is 106 cm³/mol.